The molecular weight excluding hydrogens is 245 g/mol. The van der Waals surface area contributed by atoms with E-state index in [1.807, 2.05) is 17.2 Å². The summed E-state index contributed by atoms with van der Waals surface area (Å²) in [4.78, 5) is 5.69. The summed E-state index contributed by atoms with van der Waals surface area (Å²) in [6.45, 7) is 7.20. The van der Waals surface area contributed by atoms with Crippen molar-refractivity contribution in [1.29, 1.82) is 0 Å². The summed E-state index contributed by atoms with van der Waals surface area (Å²) in [5.74, 6) is 0. The molecule has 2 rings (SSSR count). The van der Waals surface area contributed by atoms with Crippen LogP contribution in [0.15, 0.2) is 18.2 Å². The van der Waals surface area contributed by atoms with Crippen molar-refractivity contribution in [3.05, 3.63) is 28.2 Å². The fourth-order valence-electron chi connectivity index (χ4n) is 1.72. The van der Waals surface area contributed by atoms with E-state index in [9.17, 15) is 0 Å². The van der Waals surface area contributed by atoms with Gasteiger partial charge in [0, 0.05) is 10.4 Å². The van der Waals surface area contributed by atoms with Crippen LogP contribution >= 0.6 is 23.2 Å². The molecule has 0 saturated carbocycles. The van der Waals surface area contributed by atoms with Crippen molar-refractivity contribution in [2.75, 3.05) is 11.7 Å². The molecule has 0 spiro atoms. The molecule has 1 aromatic rings. The zero-order chi connectivity index (χ0) is 11.9. The van der Waals surface area contributed by atoms with Gasteiger partial charge in [-0.05, 0) is 25.1 Å². The van der Waals surface area contributed by atoms with Crippen LogP contribution in [0.5, 0.6) is 0 Å². The van der Waals surface area contributed by atoms with E-state index in [0.29, 0.717) is 16.7 Å². The maximum atomic E-state index is 6.16. The van der Waals surface area contributed by atoms with Crippen LogP contribution in [0.4, 0.5) is 5.69 Å². The lowest BCUT2D eigenvalue weighted by atomic mass is 9.87. The zero-order valence-corrected chi connectivity index (χ0v) is 11.1. The first-order valence-electron chi connectivity index (χ1n) is 5.29. The monoisotopic (exact) mass is 259 g/mol. The van der Waals surface area contributed by atoms with Gasteiger partial charge in [-0.1, -0.05) is 37.0 Å². The summed E-state index contributed by atoms with van der Waals surface area (Å²) in [5.41, 5.74) is 1.01. The van der Waals surface area contributed by atoms with E-state index in [1.54, 1.807) is 6.07 Å². The first kappa shape index (κ1) is 12.0. The molecule has 2 nitrogen and oxygen atoms in total. The molecule has 0 aromatic heterocycles. The third-order valence-electron chi connectivity index (χ3n) is 3.21. The van der Waals surface area contributed by atoms with E-state index < -0.39 is 0 Å². The number of nitrogens with zero attached hydrogens (tertiary/aromatic N) is 1. The molecule has 1 atom stereocenters. The lowest BCUT2D eigenvalue weighted by Crippen LogP contribution is -2.33. The SMILES string of the molecule is CC1N(c2ccc(Cl)cc2Cl)OCC1(C)C. The number of hydrogen-bond acceptors (Lipinski definition) is 2. The number of hydroxylamine groups is 1. The highest BCUT2D eigenvalue weighted by molar-refractivity contribution is 6.36. The van der Waals surface area contributed by atoms with E-state index >= 15 is 0 Å². The molecular formula is C12H15Cl2NO. The molecule has 4 heteroatoms. The van der Waals surface area contributed by atoms with Crippen LogP contribution in [0, 0.1) is 5.41 Å². The standard InChI is InChI=1S/C12H15Cl2NO/c1-8-12(2,3)7-16-15(8)11-5-4-9(13)6-10(11)14/h4-6,8H,7H2,1-3H3. The van der Waals surface area contributed by atoms with Gasteiger partial charge in [0.2, 0.25) is 0 Å². The molecule has 16 heavy (non-hydrogen) atoms. The number of halogens is 2. The average Bonchev–Trinajstić information content (AvgIpc) is 2.44. The first-order chi connectivity index (χ1) is 7.42. The summed E-state index contributed by atoms with van der Waals surface area (Å²) in [6, 6.07) is 5.73. The van der Waals surface area contributed by atoms with Crippen LogP contribution in [-0.4, -0.2) is 12.6 Å². The van der Waals surface area contributed by atoms with E-state index in [4.69, 9.17) is 28.0 Å². The Morgan fingerprint density at radius 2 is 2.06 bits per heavy atom. The Morgan fingerprint density at radius 3 is 2.56 bits per heavy atom. The molecule has 1 aliphatic heterocycles. The predicted octanol–water partition coefficient (Wildman–Crippen LogP) is 4.16. The minimum Gasteiger partial charge on any atom is -0.273 e. The van der Waals surface area contributed by atoms with Gasteiger partial charge in [0.1, 0.15) is 0 Å². The van der Waals surface area contributed by atoms with Crippen LogP contribution in [0.2, 0.25) is 10.0 Å². The Kier molecular flexibility index (Phi) is 3.08. The van der Waals surface area contributed by atoms with E-state index in [0.717, 1.165) is 5.69 Å². The Hall–Kier alpha value is -0.440. The Labute approximate surface area is 106 Å². The topological polar surface area (TPSA) is 12.5 Å². The number of benzene rings is 1. The largest absolute Gasteiger partial charge is 0.273 e. The molecule has 1 aromatic carbocycles. The maximum absolute atomic E-state index is 6.16. The molecule has 0 amide bonds. The van der Waals surface area contributed by atoms with Gasteiger partial charge in [0.05, 0.1) is 23.4 Å². The average molecular weight is 260 g/mol. The van der Waals surface area contributed by atoms with Crippen molar-refractivity contribution in [3.8, 4) is 0 Å². The second-order valence-electron chi connectivity index (χ2n) is 4.86. The highest BCUT2D eigenvalue weighted by Gasteiger charge is 2.39. The van der Waals surface area contributed by atoms with Crippen molar-refractivity contribution >= 4 is 28.9 Å². The lowest BCUT2D eigenvalue weighted by molar-refractivity contribution is 0.142. The van der Waals surface area contributed by atoms with Gasteiger partial charge >= 0.3 is 0 Å². The number of anilines is 1. The summed E-state index contributed by atoms with van der Waals surface area (Å²) >= 11 is 12.0. The number of rotatable bonds is 1. The lowest BCUT2D eigenvalue weighted by Gasteiger charge is -2.27. The quantitative estimate of drug-likeness (QED) is 0.751. The van der Waals surface area contributed by atoms with Crippen molar-refractivity contribution in [3.63, 3.8) is 0 Å². The van der Waals surface area contributed by atoms with Gasteiger partial charge in [-0.2, -0.15) is 0 Å². The van der Waals surface area contributed by atoms with E-state index in [-0.39, 0.29) is 11.5 Å². The summed E-state index contributed by atoms with van der Waals surface area (Å²) in [7, 11) is 0. The zero-order valence-electron chi connectivity index (χ0n) is 9.63. The Morgan fingerprint density at radius 1 is 1.38 bits per heavy atom. The molecule has 0 bridgehead atoms. The van der Waals surface area contributed by atoms with E-state index in [2.05, 4.69) is 20.8 Å². The van der Waals surface area contributed by atoms with Crippen molar-refractivity contribution in [1.82, 2.24) is 0 Å². The van der Waals surface area contributed by atoms with Crippen molar-refractivity contribution < 1.29 is 4.84 Å². The first-order valence-corrected chi connectivity index (χ1v) is 6.04. The van der Waals surface area contributed by atoms with Crippen LogP contribution in [0.25, 0.3) is 0 Å². The van der Waals surface area contributed by atoms with Crippen molar-refractivity contribution in [2.24, 2.45) is 5.41 Å². The molecule has 88 valence electrons. The Balaban J connectivity index is 2.32. The maximum Gasteiger partial charge on any atom is 0.0827 e. The van der Waals surface area contributed by atoms with Crippen LogP contribution < -0.4 is 5.06 Å². The van der Waals surface area contributed by atoms with Gasteiger partial charge < -0.3 is 0 Å². The summed E-state index contributed by atoms with van der Waals surface area (Å²) in [6.07, 6.45) is 0. The molecule has 1 heterocycles. The Bertz CT molecular complexity index is 406. The van der Waals surface area contributed by atoms with Gasteiger partial charge in [-0.25, -0.2) is 5.06 Å². The minimum atomic E-state index is 0.128. The van der Waals surface area contributed by atoms with Crippen LogP contribution in [-0.2, 0) is 4.84 Å². The molecule has 0 radical (unpaired) electrons. The normalized spacial score (nSPS) is 23.8. The van der Waals surface area contributed by atoms with Crippen LogP contribution in [0.3, 0.4) is 0 Å². The fraction of sp³-hybridized carbons (Fsp3) is 0.500. The highest BCUT2D eigenvalue weighted by atomic mass is 35.5. The third-order valence-corrected chi connectivity index (χ3v) is 3.74. The summed E-state index contributed by atoms with van der Waals surface area (Å²) in [5, 5.41) is 3.13. The van der Waals surface area contributed by atoms with Crippen molar-refractivity contribution in [2.45, 2.75) is 26.8 Å². The molecule has 0 N–H and O–H groups in total. The number of hydrogen-bond donors (Lipinski definition) is 0. The van der Waals surface area contributed by atoms with Gasteiger partial charge in [-0.15, -0.1) is 0 Å². The highest BCUT2D eigenvalue weighted by Crippen LogP contribution is 2.39. The summed E-state index contributed by atoms with van der Waals surface area (Å²) < 4.78 is 0. The minimum absolute atomic E-state index is 0.128. The molecule has 1 aliphatic rings. The second-order valence-corrected chi connectivity index (χ2v) is 5.70. The van der Waals surface area contributed by atoms with Gasteiger partial charge in [0.15, 0.2) is 0 Å². The van der Waals surface area contributed by atoms with Crippen LogP contribution in [0.1, 0.15) is 20.8 Å². The van der Waals surface area contributed by atoms with Gasteiger partial charge in [-0.3, -0.25) is 4.84 Å². The fourth-order valence-corrected chi connectivity index (χ4v) is 2.22. The smallest absolute Gasteiger partial charge is 0.0827 e. The molecule has 1 fully saturated rings. The molecule has 0 aliphatic carbocycles. The molecule has 1 unspecified atom stereocenters. The third kappa shape index (κ3) is 2.02. The van der Waals surface area contributed by atoms with Gasteiger partial charge in [0.25, 0.3) is 0 Å². The second kappa shape index (κ2) is 4.10. The predicted molar refractivity (Wildman–Crippen MR) is 68.1 cm³/mol. The molecule has 1 saturated heterocycles. The van der Waals surface area contributed by atoms with E-state index in [1.165, 1.54) is 0 Å².